The van der Waals surface area contributed by atoms with Gasteiger partial charge in [0.25, 0.3) is 0 Å². The third-order valence-electron chi connectivity index (χ3n) is 2.42. The third-order valence-corrected chi connectivity index (χ3v) is 2.42. The van der Waals surface area contributed by atoms with Gasteiger partial charge in [0.05, 0.1) is 0 Å². The van der Waals surface area contributed by atoms with E-state index in [4.69, 9.17) is 5.73 Å². The van der Waals surface area contributed by atoms with Crippen LogP contribution < -0.4 is 5.73 Å². The molecular formula is C11H15N5. The van der Waals surface area contributed by atoms with E-state index in [0.717, 1.165) is 28.6 Å². The van der Waals surface area contributed by atoms with Gasteiger partial charge in [-0.1, -0.05) is 0 Å². The molecule has 0 unspecified atom stereocenters. The van der Waals surface area contributed by atoms with Crippen molar-refractivity contribution in [2.24, 2.45) is 5.73 Å². The Morgan fingerprint density at radius 1 is 1.31 bits per heavy atom. The molecule has 16 heavy (non-hydrogen) atoms. The highest BCUT2D eigenvalue weighted by atomic mass is 15.4. The zero-order valence-corrected chi connectivity index (χ0v) is 9.73. The van der Waals surface area contributed by atoms with Gasteiger partial charge in [0.2, 0.25) is 0 Å². The maximum absolute atomic E-state index is 5.57. The first kappa shape index (κ1) is 10.8. The quantitative estimate of drug-likeness (QED) is 0.816. The summed E-state index contributed by atoms with van der Waals surface area (Å²) < 4.78 is 1.75. The Bertz CT molecular complexity index is 515. The molecule has 0 aromatic carbocycles. The first-order valence-corrected chi connectivity index (χ1v) is 5.18. The number of rotatable bonds is 2. The Hall–Kier alpha value is -1.75. The molecule has 2 heterocycles. The molecular weight excluding hydrogens is 202 g/mol. The lowest BCUT2D eigenvalue weighted by Crippen LogP contribution is -2.06. The molecule has 2 aromatic rings. The molecule has 0 fully saturated rings. The molecule has 5 nitrogen and oxygen atoms in total. The number of aromatic nitrogens is 4. The van der Waals surface area contributed by atoms with E-state index in [0.29, 0.717) is 6.54 Å². The Morgan fingerprint density at radius 3 is 2.56 bits per heavy atom. The number of aryl methyl sites for hydroxylation is 3. The molecule has 84 valence electrons. The van der Waals surface area contributed by atoms with Crippen LogP contribution in [-0.4, -0.2) is 19.7 Å². The van der Waals surface area contributed by atoms with Crippen LogP contribution in [0.1, 0.15) is 22.8 Å². The second-order valence-electron chi connectivity index (χ2n) is 3.81. The van der Waals surface area contributed by atoms with Crippen molar-refractivity contribution in [3.05, 3.63) is 35.0 Å². The standard InChI is InChI=1S/C11H15N5/c1-7-4-10(5-12)6-13-11(7)16-9(3)14-8(2)15-16/h4,6H,5,12H2,1-3H3. The Labute approximate surface area is 94.3 Å². The number of pyridine rings is 1. The molecule has 0 aliphatic heterocycles. The average molecular weight is 217 g/mol. The van der Waals surface area contributed by atoms with Gasteiger partial charge < -0.3 is 5.73 Å². The van der Waals surface area contributed by atoms with Gasteiger partial charge in [-0.15, -0.1) is 5.10 Å². The lowest BCUT2D eigenvalue weighted by molar-refractivity contribution is 0.793. The lowest BCUT2D eigenvalue weighted by Gasteiger charge is -2.07. The van der Waals surface area contributed by atoms with E-state index < -0.39 is 0 Å². The molecule has 0 aliphatic rings. The molecule has 2 N–H and O–H groups in total. The summed E-state index contributed by atoms with van der Waals surface area (Å²) in [5.74, 6) is 2.41. The molecule has 0 bridgehead atoms. The second-order valence-corrected chi connectivity index (χ2v) is 3.81. The van der Waals surface area contributed by atoms with Crippen molar-refractivity contribution >= 4 is 0 Å². The fourth-order valence-corrected chi connectivity index (χ4v) is 1.68. The van der Waals surface area contributed by atoms with E-state index in [1.807, 2.05) is 26.8 Å². The Kier molecular flexibility index (Phi) is 2.70. The van der Waals surface area contributed by atoms with Crippen LogP contribution in [0.25, 0.3) is 5.82 Å². The van der Waals surface area contributed by atoms with Gasteiger partial charge in [0.1, 0.15) is 11.6 Å². The Balaban J connectivity index is 2.52. The van der Waals surface area contributed by atoms with Crippen molar-refractivity contribution in [2.75, 3.05) is 0 Å². The van der Waals surface area contributed by atoms with E-state index in [-0.39, 0.29) is 0 Å². The van der Waals surface area contributed by atoms with Crippen LogP contribution in [0.4, 0.5) is 0 Å². The minimum atomic E-state index is 0.503. The van der Waals surface area contributed by atoms with Gasteiger partial charge in [-0.25, -0.2) is 9.97 Å². The summed E-state index contributed by atoms with van der Waals surface area (Å²) in [4.78, 5) is 8.63. The van der Waals surface area contributed by atoms with Crippen molar-refractivity contribution < 1.29 is 0 Å². The monoisotopic (exact) mass is 217 g/mol. The predicted octanol–water partition coefficient (Wildman–Crippen LogP) is 1.05. The van der Waals surface area contributed by atoms with Gasteiger partial charge in [-0.05, 0) is 38.0 Å². The summed E-state index contributed by atoms with van der Waals surface area (Å²) >= 11 is 0. The van der Waals surface area contributed by atoms with E-state index in [1.54, 1.807) is 10.9 Å². The zero-order valence-electron chi connectivity index (χ0n) is 9.73. The minimum Gasteiger partial charge on any atom is -0.326 e. The number of hydrogen-bond acceptors (Lipinski definition) is 4. The number of nitrogens with zero attached hydrogens (tertiary/aromatic N) is 4. The predicted molar refractivity (Wildman–Crippen MR) is 61.3 cm³/mol. The highest BCUT2D eigenvalue weighted by Crippen LogP contribution is 2.13. The van der Waals surface area contributed by atoms with Crippen LogP contribution in [0.5, 0.6) is 0 Å². The van der Waals surface area contributed by atoms with E-state index in [1.165, 1.54) is 0 Å². The van der Waals surface area contributed by atoms with Crippen LogP contribution in [0.2, 0.25) is 0 Å². The van der Waals surface area contributed by atoms with Crippen LogP contribution in [0, 0.1) is 20.8 Å². The normalized spacial score (nSPS) is 10.8. The van der Waals surface area contributed by atoms with E-state index >= 15 is 0 Å². The van der Waals surface area contributed by atoms with Crippen LogP contribution in [0.15, 0.2) is 12.3 Å². The molecule has 0 saturated heterocycles. The zero-order chi connectivity index (χ0) is 11.7. The highest BCUT2D eigenvalue weighted by Gasteiger charge is 2.09. The summed E-state index contributed by atoms with van der Waals surface area (Å²) in [7, 11) is 0. The fraction of sp³-hybridized carbons (Fsp3) is 0.364. The minimum absolute atomic E-state index is 0.503. The third kappa shape index (κ3) is 1.81. The Morgan fingerprint density at radius 2 is 2.06 bits per heavy atom. The number of hydrogen-bond donors (Lipinski definition) is 1. The van der Waals surface area contributed by atoms with Gasteiger partial charge in [-0.3, -0.25) is 0 Å². The lowest BCUT2D eigenvalue weighted by atomic mass is 10.2. The number of nitrogens with two attached hydrogens (primary N) is 1. The smallest absolute Gasteiger partial charge is 0.158 e. The molecule has 0 amide bonds. The molecule has 0 radical (unpaired) electrons. The van der Waals surface area contributed by atoms with Crippen LogP contribution in [0.3, 0.4) is 0 Å². The largest absolute Gasteiger partial charge is 0.326 e. The van der Waals surface area contributed by atoms with Crippen LogP contribution >= 0.6 is 0 Å². The van der Waals surface area contributed by atoms with Crippen LogP contribution in [-0.2, 0) is 6.54 Å². The maximum Gasteiger partial charge on any atom is 0.158 e. The van der Waals surface area contributed by atoms with Gasteiger partial charge in [0, 0.05) is 12.7 Å². The SMILES string of the molecule is Cc1nc(C)n(-c2ncc(CN)cc2C)n1. The second kappa shape index (κ2) is 4.02. The summed E-state index contributed by atoms with van der Waals surface area (Å²) in [6, 6.07) is 2.03. The topological polar surface area (TPSA) is 69.6 Å². The van der Waals surface area contributed by atoms with Crippen molar-refractivity contribution in [1.82, 2.24) is 19.7 Å². The highest BCUT2D eigenvalue weighted by molar-refractivity contribution is 5.35. The first-order chi connectivity index (χ1) is 7.61. The summed E-state index contributed by atoms with van der Waals surface area (Å²) in [6.45, 7) is 6.28. The summed E-state index contributed by atoms with van der Waals surface area (Å²) in [5, 5.41) is 4.31. The van der Waals surface area contributed by atoms with E-state index in [9.17, 15) is 0 Å². The molecule has 2 aromatic heterocycles. The average Bonchev–Trinajstić information content (AvgIpc) is 2.57. The van der Waals surface area contributed by atoms with Crippen molar-refractivity contribution in [2.45, 2.75) is 27.3 Å². The van der Waals surface area contributed by atoms with Crippen molar-refractivity contribution in [3.8, 4) is 5.82 Å². The molecule has 5 heteroatoms. The molecule has 0 aliphatic carbocycles. The van der Waals surface area contributed by atoms with E-state index in [2.05, 4.69) is 15.1 Å². The molecule has 0 atom stereocenters. The summed E-state index contributed by atoms with van der Waals surface area (Å²) in [6.07, 6.45) is 1.78. The van der Waals surface area contributed by atoms with Crippen molar-refractivity contribution in [1.29, 1.82) is 0 Å². The molecule has 0 saturated carbocycles. The molecule has 2 rings (SSSR count). The van der Waals surface area contributed by atoms with Gasteiger partial charge in [-0.2, -0.15) is 4.68 Å². The van der Waals surface area contributed by atoms with Gasteiger partial charge in [0.15, 0.2) is 5.82 Å². The van der Waals surface area contributed by atoms with Crippen molar-refractivity contribution in [3.63, 3.8) is 0 Å². The first-order valence-electron chi connectivity index (χ1n) is 5.18. The van der Waals surface area contributed by atoms with Gasteiger partial charge >= 0.3 is 0 Å². The summed E-state index contributed by atoms with van der Waals surface area (Å²) in [5.41, 5.74) is 7.64. The molecule has 0 spiro atoms. The fourth-order valence-electron chi connectivity index (χ4n) is 1.68. The maximum atomic E-state index is 5.57.